The molecule has 0 aliphatic rings. The van der Waals surface area contributed by atoms with Crippen LogP contribution in [0.1, 0.15) is 136 Å². The molecule has 0 rings (SSSR count). The zero-order valence-corrected chi connectivity index (χ0v) is 20.4. The maximum Gasteiger partial charge on any atom is 0.219 e. The van der Waals surface area contributed by atoms with E-state index < -0.39 is 0 Å². The van der Waals surface area contributed by atoms with Crippen LogP contribution in [0.3, 0.4) is 0 Å². The fourth-order valence-corrected chi connectivity index (χ4v) is 3.89. The van der Waals surface area contributed by atoms with Crippen molar-refractivity contribution in [1.82, 2.24) is 10.2 Å². The molecule has 0 atom stereocenters. The second kappa shape index (κ2) is 23.7. The van der Waals surface area contributed by atoms with E-state index in [4.69, 9.17) is 0 Å². The first-order valence-electron chi connectivity index (χ1n) is 13.2. The van der Waals surface area contributed by atoms with Gasteiger partial charge in [0.25, 0.3) is 0 Å². The molecule has 0 radical (unpaired) electrons. The van der Waals surface area contributed by atoms with Crippen molar-refractivity contribution in [2.45, 2.75) is 136 Å². The van der Waals surface area contributed by atoms with Gasteiger partial charge in [-0.2, -0.15) is 0 Å². The molecule has 0 aliphatic heterocycles. The summed E-state index contributed by atoms with van der Waals surface area (Å²) < 4.78 is 0. The van der Waals surface area contributed by atoms with Gasteiger partial charge >= 0.3 is 0 Å². The lowest BCUT2D eigenvalue weighted by Gasteiger charge is -2.16. The van der Waals surface area contributed by atoms with E-state index in [-0.39, 0.29) is 5.91 Å². The van der Waals surface area contributed by atoms with Crippen LogP contribution in [-0.2, 0) is 4.79 Å². The molecule has 0 aromatic heterocycles. The number of unbranched alkanes of at least 4 members (excludes halogenated alkanes) is 15. The van der Waals surface area contributed by atoms with Crippen molar-refractivity contribution in [3.63, 3.8) is 0 Å². The Kier molecular flexibility index (Phi) is 23.2. The number of rotatable bonds is 23. The normalized spacial score (nSPS) is 11.3. The number of carbonyl (C=O) groups excluding carboxylic acids is 1. The van der Waals surface area contributed by atoms with E-state index in [1.807, 2.05) is 0 Å². The highest BCUT2D eigenvalue weighted by atomic mass is 16.1. The topological polar surface area (TPSA) is 32.3 Å². The fraction of sp³-hybridized carbons (Fsp3) is 0.962. The molecule has 1 amide bonds. The number of hydrogen-bond donors (Lipinski definition) is 1. The van der Waals surface area contributed by atoms with E-state index in [1.54, 1.807) is 0 Å². The Morgan fingerprint density at radius 2 is 1.00 bits per heavy atom. The molecule has 0 aromatic rings. The summed E-state index contributed by atoms with van der Waals surface area (Å²) in [7, 11) is 2.22. The van der Waals surface area contributed by atoms with Gasteiger partial charge in [-0.15, -0.1) is 0 Å². The molecule has 0 heterocycles. The average Bonchev–Trinajstić information content (AvgIpc) is 2.72. The third-order valence-corrected chi connectivity index (χ3v) is 5.94. The van der Waals surface area contributed by atoms with Crippen molar-refractivity contribution in [2.75, 3.05) is 26.7 Å². The zero-order chi connectivity index (χ0) is 21.4. The van der Waals surface area contributed by atoms with Gasteiger partial charge in [-0.1, -0.05) is 110 Å². The van der Waals surface area contributed by atoms with Crippen molar-refractivity contribution in [2.24, 2.45) is 0 Å². The predicted molar refractivity (Wildman–Crippen MR) is 130 cm³/mol. The standard InChI is InChI=1S/C26H54N2O/c1-4-6-8-10-12-13-14-16-18-20-24-28(3)25-21-23-27-26(29)22-19-17-15-11-9-7-5-2/h4-25H2,1-3H3,(H,27,29). The first-order chi connectivity index (χ1) is 14.2. The second-order valence-corrected chi connectivity index (χ2v) is 9.06. The maximum absolute atomic E-state index is 11.9. The zero-order valence-electron chi connectivity index (χ0n) is 20.4. The summed E-state index contributed by atoms with van der Waals surface area (Å²) in [6.07, 6.45) is 24.7. The lowest BCUT2D eigenvalue weighted by Crippen LogP contribution is -2.28. The van der Waals surface area contributed by atoms with Gasteiger partial charge in [-0.3, -0.25) is 4.79 Å². The highest BCUT2D eigenvalue weighted by Crippen LogP contribution is 2.11. The Labute approximate surface area is 183 Å². The lowest BCUT2D eigenvalue weighted by molar-refractivity contribution is -0.121. The average molecular weight is 411 g/mol. The van der Waals surface area contributed by atoms with Gasteiger partial charge in [-0.25, -0.2) is 0 Å². The monoisotopic (exact) mass is 410 g/mol. The predicted octanol–water partition coefficient (Wildman–Crippen LogP) is 7.49. The van der Waals surface area contributed by atoms with E-state index in [2.05, 4.69) is 31.1 Å². The van der Waals surface area contributed by atoms with Crippen LogP contribution in [0.4, 0.5) is 0 Å². The van der Waals surface area contributed by atoms with Crippen molar-refractivity contribution < 1.29 is 4.79 Å². The highest BCUT2D eigenvalue weighted by Gasteiger charge is 2.02. The Morgan fingerprint density at radius 3 is 1.52 bits per heavy atom. The lowest BCUT2D eigenvalue weighted by atomic mass is 10.1. The Bertz CT molecular complexity index is 333. The van der Waals surface area contributed by atoms with Crippen molar-refractivity contribution in [1.29, 1.82) is 0 Å². The third kappa shape index (κ3) is 23.6. The molecule has 1 N–H and O–H groups in total. The van der Waals surface area contributed by atoms with Gasteiger partial charge in [0.05, 0.1) is 0 Å². The van der Waals surface area contributed by atoms with E-state index >= 15 is 0 Å². The second-order valence-electron chi connectivity index (χ2n) is 9.06. The quantitative estimate of drug-likeness (QED) is 0.177. The van der Waals surface area contributed by atoms with Crippen molar-refractivity contribution >= 4 is 5.91 Å². The smallest absolute Gasteiger partial charge is 0.219 e. The molecule has 29 heavy (non-hydrogen) atoms. The molecular formula is C26H54N2O. The van der Waals surface area contributed by atoms with Crippen LogP contribution in [0.15, 0.2) is 0 Å². The SMILES string of the molecule is CCCCCCCCCCCCN(C)CCCNC(=O)CCCCCCCCC. The first kappa shape index (κ1) is 28.4. The molecule has 0 unspecified atom stereocenters. The summed E-state index contributed by atoms with van der Waals surface area (Å²) in [6, 6.07) is 0. The Hall–Kier alpha value is -0.570. The minimum atomic E-state index is 0.246. The van der Waals surface area contributed by atoms with Gasteiger partial charge < -0.3 is 10.2 Å². The van der Waals surface area contributed by atoms with Crippen LogP contribution >= 0.6 is 0 Å². The molecule has 3 nitrogen and oxygen atoms in total. The summed E-state index contributed by atoms with van der Waals surface area (Å²) in [5, 5.41) is 3.09. The summed E-state index contributed by atoms with van der Waals surface area (Å²) in [6.45, 7) is 7.65. The van der Waals surface area contributed by atoms with Crippen molar-refractivity contribution in [3.8, 4) is 0 Å². The maximum atomic E-state index is 11.9. The van der Waals surface area contributed by atoms with Crippen LogP contribution < -0.4 is 5.32 Å². The first-order valence-corrected chi connectivity index (χ1v) is 13.2. The van der Waals surface area contributed by atoms with E-state index in [1.165, 1.54) is 109 Å². The summed E-state index contributed by atoms with van der Waals surface area (Å²) in [5.41, 5.74) is 0. The molecule has 0 saturated carbocycles. The van der Waals surface area contributed by atoms with Crippen LogP contribution in [0, 0.1) is 0 Å². The largest absolute Gasteiger partial charge is 0.356 e. The number of nitrogens with zero attached hydrogens (tertiary/aromatic N) is 1. The van der Waals surface area contributed by atoms with E-state index in [0.717, 1.165) is 25.9 Å². The molecule has 0 spiro atoms. The number of nitrogens with one attached hydrogen (secondary N) is 1. The number of amides is 1. The summed E-state index contributed by atoms with van der Waals surface area (Å²) in [4.78, 5) is 14.3. The van der Waals surface area contributed by atoms with Gasteiger partial charge in [-0.05, 0) is 39.4 Å². The number of hydrogen-bond acceptors (Lipinski definition) is 2. The van der Waals surface area contributed by atoms with Gasteiger partial charge in [0.2, 0.25) is 5.91 Å². The van der Waals surface area contributed by atoms with E-state index in [9.17, 15) is 4.79 Å². The molecule has 0 bridgehead atoms. The van der Waals surface area contributed by atoms with Gasteiger partial charge in [0, 0.05) is 13.0 Å². The molecule has 0 aliphatic carbocycles. The fourth-order valence-electron chi connectivity index (χ4n) is 3.89. The minimum absolute atomic E-state index is 0.246. The molecule has 174 valence electrons. The third-order valence-electron chi connectivity index (χ3n) is 5.94. The van der Waals surface area contributed by atoms with Crippen LogP contribution in [0.25, 0.3) is 0 Å². The minimum Gasteiger partial charge on any atom is -0.356 e. The van der Waals surface area contributed by atoms with Crippen LogP contribution in [-0.4, -0.2) is 37.5 Å². The summed E-state index contributed by atoms with van der Waals surface area (Å²) in [5.74, 6) is 0.246. The molecule has 0 saturated heterocycles. The Balaban J connectivity index is 3.28. The van der Waals surface area contributed by atoms with Gasteiger partial charge in [0.15, 0.2) is 0 Å². The number of carbonyl (C=O) groups is 1. The molecule has 0 fully saturated rings. The van der Waals surface area contributed by atoms with E-state index in [0.29, 0.717) is 6.42 Å². The van der Waals surface area contributed by atoms with Crippen LogP contribution in [0.5, 0.6) is 0 Å². The van der Waals surface area contributed by atoms with Crippen LogP contribution in [0.2, 0.25) is 0 Å². The van der Waals surface area contributed by atoms with Gasteiger partial charge in [0.1, 0.15) is 0 Å². The van der Waals surface area contributed by atoms with Crippen molar-refractivity contribution in [3.05, 3.63) is 0 Å². The molecule has 3 heteroatoms. The molecule has 0 aromatic carbocycles. The highest BCUT2D eigenvalue weighted by molar-refractivity contribution is 5.75. The Morgan fingerprint density at radius 1 is 0.586 bits per heavy atom. The summed E-state index contributed by atoms with van der Waals surface area (Å²) >= 11 is 0. The molecular weight excluding hydrogens is 356 g/mol.